The van der Waals surface area contributed by atoms with Gasteiger partial charge in [0.15, 0.2) is 0 Å². The summed E-state index contributed by atoms with van der Waals surface area (Å²) in [5.74, 6) is 3.33. The van der Waals surface area contributed by atoms with Gasteiger partial charge in [-0.2, -0.15) is 11.8 Å². The summed E-state index contributed by atoms with van der Waals surface area (Å²) in [6, 6.07) is 7.89. The Bertz CT molecular complexity index is 440. The monoisotopic (exact) mass is 308 g/mol. The van der Waals surface area contributed by atoms with E-state index in [1.807, 2.05) is 12.1 Å². The predicted octanol–water partition coefficient (Wildman–Crippen LogP) is 3.13. The maximum absolute atomic E-state index is 13.7. The highest BCUT2D eigenvalue weighted by Crippen LogP contribution is 2.21. The van der Waals surface area contributed by atoms with Crippen molar-refractivity contribution in [1.29, 1.82) is 0 Å². The number of nitrogens with zero attached hydrogens (tertiary/aromatic N) is 1. The highest BCUT2D eigenvalue weighted by molar-refractivity contribution is 7.99. The number of nitrogens with one attached hydrogen (secondary N) is 1. The highest BCUT2D eigenvalue weighted by Gasteiger charge is 2.22. The third-order valence-corrected chi connectivity index (χ3v) is 5.85. The van der Waals surface area contributed by atoms with Gasteiger partial charge in [0.05, 0.1) is 0 Å². The van der Waals surface area contributed by atoms with E-state index in [4.69, 9.17) is 0 Å². The van der Waals surface area contributed by atoms with E-state index in [9.17, 15) is 4.39 Å². The van der Waals surface area contributed by atoms with Gasteiger partial charge < -0.3 is 5.32 Å². The average molecular weight is 308 g/mol. The van der Waals surface area contributed by atoms with Crippen LogP contribution in [0, 0.1) is 11.7 Å². The molecule has 0 saturated carbocycles. The molecule has 2 aliphatic heterocycles. The van der Waals surface area contributed by atoms with E-state index >= 15 is 0 Å². The van der Waals surface area contributed by atoms with Gasteiger partial charge in [-0.1, -0.05) is 18.2 Å². The first-order valence-corrected chi connectivity index (χ1v) is 9.23. The van der Waals surface area contributed by atoms with Crippen LogP contribution in [0.15, 0.2) is 24.3 Å². The first kappa shape index (κ1) is 15.3. The fourth-order valence-electron chi connectivity index (χ4n) is 3.25. The quantitative estimate of drug-likeness (QED) is 0.900. The van der Waals surface area contributed by atoms with Crippen LogP contribution in [-0.4, -0.2) is 42.1 Å². The molecule has 0 radical (unpaired) electrons. The van der Waals surface area contributed by atoms with Gasteiger partial charge in [0.1, 0.15) is 5.82 Å². The number of hydrogen-bond donors (Lipinski definition) is 1. The molecule has 1 N–H and O–H groups in total. The second kappa shape index (κ2) is 7.61. The van der Waals surface area contributed by atoms with E-state index < -0.39 is 0 Å². The zero-order valence-electron chi connectivity index (χ0n) is 12.6. The minimum atomic E-state index is -0.0694. The van der Waals surface area contributed by atoms with Gasteiger partial charge in [-0.3, -0.25) is 4.90 Å². The maximum atomic E-state index is 13.7. The Morgan fingerprint density at radius 3 is 2.71 bits per heavy atom. The molecule has 2 aliphatic rings. The van der Waals surface area contributed by atoms with Crippen molar-refractivity contribution >= 4 is 11.8 Å². The topological polar surface area (TPSA) is 15.3 Å². The van der Waals surface area contributed by atoms with Gasteiger partial charge >= 0.3 is 0 Å². The van der Waals surface area contributed by atoms with Crippen molar-refractivity contribution in [3.63, 3.8) is 0 Å². The molecule has 2 heterocycles. The molecular formula is C17H25FN2S. The molecule has 1 aromatic carbocycles. The lowest BCUT2D eigenvalue weighted by molar-refractivity contribution is 0.172. The molecule has 116 valence electrons. The smallest absolute Gasteiger partial charge is 0.127 e. The van der Waals surface area contributed by atoms with Crippen LogP contribution < -0.4 is 5.32 Å². The molecule has 0 spiro atoms. The van der Waals surface area contributed by atoms with Crippen molar-refractivity contribution in [2.75, 3.05) is 31.1 Å². The van der Waals surface area contributed by atoms with Gasteiger partial charge in [-0.15, -0.1) is 0 Å². The molecule has 0 aliphatic carbocycles. The van der Waals surface area contributed by atoms with E-state index in [1.165, 1.54) is 37.3 Å². The molecular weight excluding hydrogens is 283 g/mol. The molecule has 0 bridgehead atoms. The SMILES string of the molecule is Fc1ccccc1CN1CCC(CNC2CCSC2)CC1. The minimum Gasteiger partial charge on any atom is -0.313 e. The van der Waals surface area contributed by atoms with Crippen LogP contribution in [0.25, 0.3) is 0 Å². The van der Waals surface area contributed by atoms with Gasteiger partial charge in [-0.05, 0) is 56.6 Å². The van der Waals surface area contributed by atoms with Crippen molar-refractivity contribution in [2.45, 2.75) is 31.8 Å². The molecule has 1 unspecified atom stereocenters. The Morgan fingerprint density at radius 1 is 1.19 bits per heavy atom. The zero-order valence-corrected chi connectivity index (χ0v) is 13.4. The zero-order chi connectivity index (χ0) is 14.5. The third-order valence-electron chi connectivity index (χ3n) is 4.68. The molecule has 3 rings (SSSR count). The van der Waals surface area contributed by atoms with Gasteiger partial charge in [0, 0.05) is 23.9 Å². The lowest BCUT2D eigenvalue weighted by Crippen LogP contribution is -2.39. The lowest BCUT2D eigenvalue weighted by Gasteiger charge is -2.32. The average Bonchev–Trinajstić information content (AvgIpc) is 3.02. The number of halogens is 1. The highest BCUT2D eigenvalue weighted by atomic mass is 32.2. The van der Waals surface area contributed by atoms with Crippen LogP contribution in [0.5, 0.6) is 0 Å². The van der Waals surface area contributed by atoms with Crippen LogP contribution >= 0.6 is 11.8 Å². The standard InChI is InChI=1S/C17H25FN2S/c18-17-4-2-1-3-15(17)12-20-8-5-14(6-9-20)11-19-16-7-10-21-13-16/h1-4,14,16,19H,5-13H2. The Hall–Kier alpha value is -0.580. The van der Waals surface area contributed by atoms with Crippen molar-refractivity contribution in [3.05, 3.63) is 35.6 Å². The number of likely N-dealkylation sites (tertiary alicyclic amines) is 1. The number of hydrogen-bond acceptors (Lipinski definition) is 3. The summed E-state index contributed by atoms with van der Waals surface area (Å²) < 4.78 is 13.7. The van der Waals surface area contributed by atoms with Gasteiger partial charge in [-0.25, -0.2) is 4.39 Å². The molecule has 0 aromatic heterocycles. The summed E-state index contributed by atoms with van der Waals surface area (Å²) in [6.45, 7) is 4.12. The van der Waals surface area contributed by atoms with Crippen LogP contribution in [0.2, 0.25) is 0 Å². The number of piperidine rings is 1. The van der Waals surface area contributed by atoms with Crippen LogP contribution in [0.3, 0.4) is 0 Å². The first-order valence-electron chi connectivity index (χ1n) is 8.08. The molecule has 2 saturated heterocycles. The first-order chi connectivity index (χ1) is 10.3. The normalized spacial score (nSPS) is 24.5. The summed E-state index contributed by atoms with van der Waals surface area (Å²) in [5, 5.41) is 3.73. The molecule has 2 nitrogen and oxygen atoms in total. The third kappa shape index (κ3) is 4.44. The Kier molecular flexibility index (Phi) is 5.55. The second-order valence-corrected chi connectivity index (χ2v) is 7.43. The fraction of sp³-hybridized carbons (Fsp3) is 0.647. The molecule has 0 amide bonds. The van der Waals surface area contributed by atoms with E-state index in [2.05, 4.69) is 22.0 Å². The van der Waals surface area contributed by atoms with Crippen molar-refractivity contribution in [2.24, 2.45) is 5.92 Å². The molecule has 21 heavy (non-hydrogen) atoms. The van der Waals surface area contributed by atoms with E-state index in [1.54, 1.807) is 12.1 Å². The molecule has 2 fully saturated rings. The largest absolute Gasteiger partial charge is 0.313 e. The van der Waals surface area contributed by atoms with E-state index in [-0.39, 0.29) is 5.82 Å². The van der Waals surface area contributed by atoms with E-state index in [0.717, 1.165) is 37.2 Å². The van der Waals surface area contributed by atoms with Crippen LogP contribution in [-0.2, 0) is 6.54 Å². The Labute approximate surface area is 131 Å². The molecule has 4 heteroatoms. The summed E-state index contributed by atoms with van der Waals surface area (Å²) in [5.41, 5.74) is 0.831. The maximum Gasteiger partial charge on any atom is 0.127 e. The van der Waals surface area contributed by atoms with E-state index in [0.29, 0.717) is 0 Å². The lowest BCUT2D eigenvalue weighted by atomic mass is 9.96. The van der Waals surface area contributed by atoms with Crippen LogP contribution in [0.4, 0.5) is 4.39 Å². The van der Waals surface area contributed by atoms with Crippen LogP contribution in [0.1, 0.15) is 24.8 Å². The number of thioether (sulfide) groups is 1. The van der Waals surface area contributed by atoms with Crippen molar-refractivity contribution in [3.8, 4) is 0 Å². The van der Waals surface area contributed by atoms with Crippen molar-refractivity contribution < 1.29 is 4.39 Å². The minimum absolute atomic E-state index is 0.0694. The van der Waals surface area contributed by atoms with Gasteiger partial charge in [0.2, 0.25) is 0 Å². The van der Waals surface area contributed by atoms with Gasteiger partial charge in [0.25, 0.3) is 0 Å². The summed E-state index contributed by atoms with van der Waals surface area (Å²) in [6.07, 6.45) is 3.80. The summed E-state index contributed by atoms with van der Waals surface area (Å²) >= 11 is 2.07. The second-order valence-electron chi connectivity index (χ2n) is 6.28. The Morgan fingerprint density at radius 2 is 2.00 bits per heavy atom. The summed E-state index contributed by atoms with van der Waals surface area (Å²) in [7, 11) is 0. The number of rotatable bonds is 5. The Balaban J connectivity index is 1.39. The predicted molar refractivity (Wildman–Crippen MR) is 88.1 cm³/mol. The number of benzene rings is 1. The molecule has 1 aromatic rings. The van der Waals surface area contributed by atoms with Crippen molar-refractivity contribution in [1.82, 2.24) is 10.2 Å². The molecule has 1 atom stereocenters. The fourth-order valence-corrected chi connectivity index (χ4v) is 4.43. The summed E-state index contributed by atoms with van der Waals surface area (Å²) in [4.78, 5) is 2.39.